The summed E-state index contributed by atoms with van der Waals surface area (Å²) in [5.41, 5.74) is 0. The molecule has 0 aliphatic carbocycles. The zero-order chi connectivity index (χ0) is 8.08. The van der Waals surface area contributed by atoms with E-state index >= 15 is 0 Å². The van der Waals surface area contributed by atoms with Crippen LogP contribution < -0.4 is 0 Å². The predicted octanol–water partition coefficient (Wildman–Crippen LogP) is -1.00. The van der Waals surface area contributed by atoms with Crippen molar-refractivity contribution in [1.82, 2.24) is 0 Å². The van der Waals surface area contributed by atoms with Gasteiger partial charge in [0.25, 0.3) is 5.09 Å². The molecule has 0 atom stereocenters. The van der Waals surface area contributed by atoms with Crippen LogP contribution in [0, 0.1) is 10.1 Å². The van der Waals surface area contributed by atoms with Gasteiger partial charge in [-0.1, -0.05) is 0 Å². The van der Waals surface area contributed by atoms with Crippen LogP contribution in [0.4, 0.5) is 0 Å². The van der Waals surface area contributed by atoms with E-state index in [-0.39, 0.29) is 17.1 Å². The van der Waals surface area contributed by atoms with E-state index in [9.17, 15) is 0 Å². The fourth-order valence-electron chi connectivity index (χ4n) is 0. The molecule has 0 aromatic carbocycles. The zero-order valence-corrected chi connectivity index (χ0v) is 6.10. The third-order valence-corrected chi connectivity index (χ3v) is 0. The van der Waals surface area contributed by atoms with Crippen molar-refractivity contribution < 1.29 is 44.9 Å². The van der Waals surface area contributed by atoms with Crippen molar-refractivity contribution in [2.24, 2.45) is 0 Å². The van der Waals surface area contributed by atoms with Gasteiger partial charge in [-0.3, -0.25) is 9.11 Å². The van der Waals surface area contributed by atoms with E-state index in [2.05, 4.69) is 0 Å². The van der Waals surface area contributed by atoms with Crippen molar-refractivity contribution in [3.8, 4) is 0 Å². The molecule has 10 heavy (non-hydrogen) atoms. The van der Waals surface area contributed by atoms with Crippen molar-refractivity contribution in [3.63, 3.8) is 0 Å². The van der Waals surface area contributed by atoms with Crippen molar-refractivity contribution >= 4 is 10.4 Å². The Balaban J connectivity index is -0.0000000910. The van der Waals surface area contributed by atoms with E-state index in [0.29, 0.717) is 0 Å². The van der Waals surface area contributed by atoms with Crippen LogP contribution in [0.15, 0.2) is 0 Å². The average molecular weight is 217 g/mol. The molecule has 0 heterocycles. The van der Waals surface area contributed by atoms with Crippen molar-refractivity contribution in [2.45, 2.75) is 0 Å². The summed E-state index contributed by atoms with van der Waals surface area (Å²) in [5.74, 6) is 0. The zero-order valence-electron chi connectivity index (χ0n) is 4.18. The molecule has 0 amide bonds. The molecule has 0 saturated heterocycles. The van der Waals surface area contributed by atoms with Gasteiger partial charge in [0.15, 0.2) is 0 Å². The fourth-order valence-corrected chi connectivity index (χ4v) is 0. The summed E-state index contributed by atoms with van der Waals surface area (Å²) in [6.07, 6.45) is 0. The van der Waals surface area contributed by atoms with Gasteiger partial charge in [-0.25, -0.2) is 0 Å². The third-order valence-electron chi connectivity index (χ3n) is 0. The van der Waals surface area contributed by atoms with Gasteiger partial charge in [0.05, 0.1) is 0 Å². The molecule has 61 valence electrons. The summed E-state index contributed by atoms with van der Waals surface area (Å²) in [4.78, 5) is 8.36. The Labute approximate surface area is 66.0 Å². The molecule has 0 aliphatic heterocycles. The van der Waals surface area contributed by atoms with Crippen molar-refractivity contribution in [2.75, 3.05) is 0 Å². The SMILES string of the molecule is O=S(=O)(O)O.O=[N+]([O-])O.[Fe+3]. The first-order valence-electron chi connectivity index (χ1n) is 1.26. The standard InChI is InChI=1S/Fe.HNO3.H2O4S/c;2-1(3)4;1-5(2,3)4/h;(H,2,3,4);(H2,1,2,3,4)/q+3;;. The summed E-state index contributed by atoms with van der Waals surface area (Å²) >= 11 is 0. The number of hydrogen-bond donors (Lipinski definition) is 3. The van der Waals surface area contributed by atoms with Crippen molar-refractivity contribution in [3.05, 3.63) is 10.1 Å². The Morgan fingerprint density at radius 2 is 1.30 bits per heavy atom. The van der Waals surface area contributed by atoms with Crippen LogP contribution in [-0.2, 0) is 27.5 Å². The van der Waals surface area contributed by atoms with Crippen molar-refractivity contribution in [1.29, 1.82) is 0 Å². The van der Waals surface area contributed by atoms with Gasteiger partial charge in [0.2, 0.25) is 0 Å². The molecular formula is H3FeNO7S+3. The van der Waals surface area contributed by atoms with Crippen LogP contribution in [0.3, 0.4) is 0 Å². The monoisotopic (exact) mass is 217 g/mol. The quantitative estimate of drug-likeness (QED) is 0.204. The molecule has 0 saturated carbocycles. The first kappa shape index (κ1) is 16.3. The van der Waals surface area contributed by atoms with Gasteiger partial charge in [-0.05, 0) is 0 Å². The summed E-state index contributed by atoms with van der Waals surface area (Å²) in [6.45, 7) is 0. The molecule has 0 rings (SSSR count). The Kier molecular flexibility index (Phi) is 10.9. The minimum Gasteiger partial charge on any atom is -0.328 e. The predicted molar refractivity (Wildman–Crippen MR) is 23.0 cm³/mol. The van der Waals surface area contributed by atoms with Crippen LogP contribution in [0.2, 0.25) is 0 Å². The summed E-state index contributed by atoms with van der Waals surface area (Å²) in [7, 11) is -4.67. The Morgan fingerprint density at radius 1 is 1.30 bits per heavy atom. The van der Waals surface area contributed by atoms with Gasteiger partial charge >= 0.3 is 27.5 Å². The molecule has 0 fully saturated rings. The van der Waals surface area contributed by atoms with E-state index in [1.807, 2.05) is 0 Å². The minimum absolute atomic E-state index is 0. The molecule has 0 bridgehead atoms. The Hall–Kier alpha value is -0.411. The summed E-state index contributed by atoms with van der Waals surface area (Å²) in [6, 6.07) is 0. The first-order chi connectivity index (χ1) is 3.73. The second-order valence-electron chi connectivity index (χ2n) is 0.686. The van der Waals surface area contributed by atoms with E-state index in [4.69, 9.17) is 32.8 Å². The minimum atomic E-state index is -4.67. The molecule has 0 aliphatic rings. The average Bonchev–Trinajstić information content (AvgIpc) is 1.19. The maximum absolute atomic E-state index is 8.74. The summed E-state index contributed by atoms with van der Waals surface area (Å²) < 4.78 is 31.6. The van der Waals surface area contributed by atoms with Gasteiger partial charge in [-0.2, -0.15) is 8.42 Å². The van der Waals surface area contributed by atoms with Crippen LogP contribution in [0.25, 0.3) is 0 Å². The summed E-state index contributed by atoms with van der Waals surface area (Å²) in [5, 5.41) is 13.6. The molecule has 0 spiro atoms. The normalized spacial score (nSPS) is 8.20. The largest absolute Gasteiger partial charge is 3.00 e. The number of nitrogens with zero attached hydrogens (tertiary/aromatic N) is 1. The molecule has 0 aromatic rings. The van der Waals surface area contributed by atoms with Crippen LogP contribution >= 0.6 is 0 Å². The molecule has 8 nitrogen and oxygen atoms in total. The molecular weight excluding hydrogens is 214 g/mol. The molecule has 0 unspecified atom stereocenters. The number of rotatable bonds is 0. The third kappa shape index (κ3) is 1960. The second-order valence-corrected chi connectivity index (χ2v) is 1.58. The maximum Gasteiger partial charge on any atom is 3.00 e. The van der Waals surface area contributed by atoms with Gasteiger partial charge in [0, 0.05) is 0 Å². The van der Waals surface area contributed by atoms with E-state index < -0.39 is 15.5 Å². The number of hydrogen-bond acceptors (Lipinski definition) is 4. The van der Waals surface area contributed by atoms with E-state index in [0.717, 1.165) is 0 Å². The van der Waals surface area contributed by atoms with E-state index in [1.54, 1.807) is 0 Å². The van der Waals surface area contributed by atoms with Gasteiger partial charge in [-0.15, -0.1) is 10.1 Å². The Bertz CT molecular complexity index is 156. The van der Waals surface area contributed by atoms with Crippen LogP contribution in [0.5, 0.6) is 0 Å². The van der Waals surface area contributed by atoms with Gasteiger partial charge < -0.3 is 5.21 Å². The van der Waals surface area contributed by atoms with Crippen LogP contribution in [0.1, 0.15) is 0 Å². The topological polar surface area (TPSA) is 138 Å². The Morgan fingerprint density at radius 3 is 1.30 bits per heavy atom. The van der Waals surface area contributed by atoms with E-state index in [1.165, 1.54) is 0 Å². The smallest absolute Gasteiger partial charge is 0.328 e. The van der Waals surface area contributed by atoms with Gasteiger partial charge in [0.1, 0.15) is 0 Å². The molecule has 10 heteroatoms. The first-order valence-corrected chi connectivity index (χ1v) is 2.66. The second kappa shape index (κ2) is 6.71. The maximum atomic E-state index is 8.74. The fraction of sp³-hybridized carbons (Fsp3) is 0. The molecule has 0 aromatic heterocycles. The molecule has 1 radical (unpaired) electrons. The van der Waals surface area contributed by atoms with Crippen LogP contribution in [-0.4, -0.2) is 27.8 Å². The molecule has 3 N–H and O–H groups in total.